The second kappa shape index (κ2) is 6.49. The topological polar surface area (TPSA) is 70.1 Å². The van der Waals surface area contributed by atoms with Crippen LogP contribution in [0.5, 0.6) is 0 Å². The molecule has 3 aromatic rings. The molecule has 0 unspecified atom stereocenters. The Labute approximate surface area is 127 Å². The van der Waals surface area contributed by atoms with Crippen molar-refractivity contribution < 1.29 is 4.79 Å². The van der Waals surface area contributed by atoms with Crippen LogP contribution in [0.25, 0.3) is 11.4 Å². The first-order valence-corrected chi connectivity index (χ1v) is 6.81. The molecule has 1 aromatic heterocycles. The zero-order chi connectivity index (χ0) is 15.2. The first kappa shape index (κ1) is 13.8. The number of hydrogen-bond acceptors (Lipinski definition) is 3. The summed E-state index contributed by atoms with van der Waals surface area (Å²) in [6.45, 7) is 0. The Morgan fingerprint density at radius 3 is 2.50 bits per heavy atom. The van der Waals surface area contributed by atoms with E-state index >= 15 is 0 Å². The van der Waals surface area contributed by atoms with Crippen LogP contribution in [0.3, 0.4) is 0 Å². The largest absolute Gasteiger partial charge is 0.345 e. The summed E-state index contributed by atoms with van der Waals surface area (Å²) in [6, 6.07) is 16.9. The molecule has 0 aliphatic carbocycles. The van der Waals surface area contributed by atoms with Gasteiger partial charge in [0.2, 0.25) is 0 Å². The minimum Gasteiger partial charge on any atom is -0.345 e. The number of carbonyl (C=O) groups excluding carboxylic acids is 1. The molecule has 3 rings (SSSR count). The Morgan fingerprint density at radius 1 is 1.09 bits per heavy atom. The number of nitrogens with zero attached hydrogens (tertiary/aromatic N) is 2. The van der Waals surface area contributed by atoms with Crippen LogP contribution in [-0.2, 0) is 4.79 Å². The Balaban J connectivity index is 1.79. The predicted molar refractivity (Wildman–Crippen MR) is 87.2 cm³/mol. The predicted octanol–water partition coefficient (Wildman–Crippen LogP) is 3.42. The maximum Gasteiger partial charge on any atom is 0.185 e. The van der Waals surface area contributed by atoms with Crippen molar-refractivity contribution in [1.29, 1.82) is 0 Å². The molecule has 22 heavy (non-hydrogen) atoms. The molecule has 0 saturated heterocycles. The van der Waals surface area contributed by atoms with Crippen LogP contribution in [-0.4, -0.2) is 22.1 Å². The lowest BCUT2D eigenvalue weighted by atomic mass is 10.2. The van der Waals surface area contributed by atoms with Gasteiger partial charge in [0.25, 0.3) is 0 Å². The van der Waals surface area contributed by atoms with E-state index in [4.69, 9.17) is 0 Å². The third-order valence-corrected chi connectivity index (χ3v) is 3.05. The van der Waals surface area contributed by atoms with Gasteiger partial charge >= 0.3 is 0 Å². The molecule has 0 fully saturated rings. The Morgan fingerprint density at radius 2 is 1.86 bits per heavy atom. The molecule has 0 amide bonds. The molecule has 0 radical (unpaired) electrons. The van der Waals surface area contributed by atoms with Gasteiger partial charge in [-0.2, -0.15) is 0 Å². The van der Waals surface area contributed by atoms with Gasteiger partial charge in [0.05, 0.1) is 5.69 Å². The number of aromatic amines is 1. The third-order valence-electron chi connectivity index (χ3n) is 3.05. The van der Waals surface area contributed by atoms with Crippen molar-refractivity contribution in [2.75, 3.05) is 5.32 Å². The van der Waals surface area contributed by atoms with Gasteiger partial charge in [-0.15, -0.1) is 0 Å². The number of para-hydroxylation sites is 1. The summed E-state index contributed by atoms with van der Waals surface area (Å²) in [5.41, 5.74) is 2.48. The van der Waals surface area contributed by atoms with Crippen molar-refractivity contribution in [2.24, 2.45) is 4.99 Å². The molecule has 2 aromatic carbocycles. The molecule has 0 atom stereocenters. The number of nitrogens with one attached hydrogen (secondary N) is 2. The van der Waals surface area contributed by atoms with E-state index in [1.54, 1.807) is 12.4 Å². The Hall–Kier alpha value is -3.21. The van der Waals surface area contributed by atoms with Gasteiger partial charge in [0.15, 0.2) is 12.1 Å². The molecule has 2 N–H and O–H groups in total. The number of anilines is 1. The summed E-state index contributed by atoms with van der Waals surface area (Å²) in [4.78, 5) is 22.7. The summed E-state index contributed by atoms with van der Waals surface area (Å²) < 4.78 is 0. The van der Waals surface area contributed by atoms with E-state index in [0.717, 1.165) is 17.1 Å². The van der Waals surface area contributed by atoms with Crippen LogP contribution in [0.2, 0.25) is 0 Å². The summed E-state index contributed by atoms with van der Waals surface area (Å²) in [7, 11) is 0. The zero-order valence-corrected chi connectivity index (χ0v) is 11.7. The van der Waals surface area contributed by atoms with Gasteiger partial charge in [0.1, 0.15) is 5.82 Å². The molecule has 0 aliphatic rings. The van der Waals surface area contributed by atoms with E-state index < -0.39 is 0 Å². The SMILES string of the molecule is O=CC(=Nc1ccc(-c2ncc[nH]2)cc1)Nc1ccccc1. The van der Waals surface area contributed by atoms with Gasteiger partial charge in [-0.1, -0.05) is 18.2 Å². The zero-order valence-electron chi connectivity index (χ0n) is 11.7. The summed E-state index contributed by atoms with van der Waals surface area (Å²) >= 11 is 0. The highest BCUT2D eigenvalue weighted by atomic mass is 16.1. The highest BCUT2D eigenvalue weighted by Crippen LogP contribution is 2.19. The average molecular weight is 290 g/mol. The van der Waals surface area contributed by atoms with Crippen molar-refractivity contribution >= 4 is 23.5 Å². The third kappa shape index (κ3) is 3.27. The second-order valence-corrected chi connectivity index (χ2v) is 4.59. The summed E-state index contributed by atoms with van der Waals surface area (Å²) in [5, 5.41) is 2.98. The van der Waals surface area contributed by atoms with Crippen molar-refractivity contribution in [1.82, 2.24) is 9.97 Å². The van der Waals surface area contributed by atoms with E-state index in [9.17, 15) is 4.79 Å². The van der Waals surface area contributed by atoms with Crippen LogP contribution < -0.4 is 5.32 Å². The minimum absolute atomic E-state index is 0.261. The van der Waals surface area contributed by atoms with Crippen LogP contribution >= 0.6 is 0 Å². The molecule has 1 heterocycles. The van der Waals surface area contributed by atoms with Gasteiger partial charge in [0, 0.05) is 23.6 Å². The smallest absolute Gasteiger partial charge is 0.185 e. The first-order valence-electron chi connectivity index (χ1n) is 6.81. The van der Waals surface area contributed by atoms with Gasteiger partial charge in [-0.3, -0.25) is 4.79 Å². The van der Waals surface area contributed by atoms with E-state index in [1.807, 2.05) is 54.6 Å². The fraction of sp³-hybridized carbons (Fsp3) is 0. The molecule has 5 heteroatoms. The first-order chi connectivity index (χ1) is 10.8. The van der Waals surface area contributed by atoms with E-state index in [-0.39, 0.29) is 5.84 Å². The number of imidazole rings is 1. The number of benzene rings is 2. The molecule has 0 aliphatic heterocycles. The van der Waals surface area contributed by atoms with Crippen molar-refractivity contribution in [3.63, 3.8) is 0 Å². The van der Waals surface area contributed by atoms with Gasteiger partial charge in [-0.25, -0.2) is 9.98 Å². The lowest BCUT2D eigenvalue weighted by Gasteiger charge is -2.04. The van der Waals surface area contributed by atoms with E-state index in [2.05, 4.69) is 20.3 Å². The van der Waals surface area contributed by atoms with Crippen LogP contribution in [0, 0.1) is 0 Å². The molecule has 0 saturated carbocycles. The molecule has 108 valence electrons. The van der Waals surface area contributed by atoms with Gasteiger partial charge in [-0.05, 0) is 36.4 Å². The lowest BCUT2D eigenvalue weighted by molar-refractivity contribution is -0.102. The van der Waals surface area contributed by atoms with Crippen LogP contribution in [0.15, 0.2) is 72.0 Å². The van der Waals surface area contributed by atoms with Crippen molar-refractivity contribution in [3.8, 4) is 11.4 Å². The fourth-order valence-electron chi connectivity index (χ4n) is 2.01. The Bertz CT molecular complexity index is 762. The maximum atomic E-state index is 11.2. The average Bonchev–Trinajstić information content (AvgIpc) is 3.10. The standard InChI is InChI=1S/C17H14N4O/c22-12-16(20-14-4-2-1-3-5-14)21-15-8-6-13(7-9-15)17-18-10-11-19-17/h1-12H,(H,18,19)(H,20,21). The number of aromatic nitrogens is 2. The van der Waals surface area contributed by atoms with Crippen molar-refractivity contribution in [3.05, 3.63) is 67.0 Å². The normalized spacial score (nSPS) is 11.2. The number of hydrogen-bond donors (Lipinski definition) is 2. The highest BCUT2D eigenvalue weighted by molar-refractivity contribution is 6.33. The number of aldehydes is 1. The second-order valence-electron chi connectivity index (χ2n) is 4.59. The van der Waals surface area contributed by atoms with Crippen LogP contribution in [0.4, 0.5) is 11.4 Å². The van der Waals surface area contributed by atoms with Crippen molar-refractivity contribution in [2.45, 2.75) is 0 Å². The summed E-state index contributed by atoms with van der Waals surface area (Å²) in [6.07, 6.45) is 4.18. The molecule has 0 bridgehead atoms. The molecular weight excluding hydrogens is 276 g/mol. The number of aliphatic imine (C=N–C) groups is 1. The minimum atomic E-state index is 0.261. The van der Waals surface area contributed by atoms with Gasteiger partial charge < -0.3 is 10.3 Å². The number of amidine groups is 1. The fourth-order valence-corrected chi connectivity index (χ4v) is 2.01. The number of carbonyl (C=O) groups is 1. The van der Waals surface area contributed by atoms with E-state index in [1.165, 1.54) is 0 Å². The molecule has 5 nitrogen and oxygen atoms in total. The molecule has 0 spiro atoms. The molecular formula is C17H14N4O. The highest BCUT2D eigenvalue weighted by Gasteiger charge is 2.01. The summed E-state index contributed by atoms with van der Waals surface area (Å²) in [5.74, 6) is 1.06. The monoisotopic (exact) mass is 290 g/mol. The maximum absolute atomic E-state index is 11.2. The van der Waals surface area contributed by atoms with E-state index in [0.29, 0.717) is 12.0 Å². The number of H-pyrrole nitrogens is 1. The lowest BCUT2D eigenvalue weighted by Crippen LogP contribution is -2.12. The quantitative estimate of drug-likeness (QED) is 0.439. The Kier molecular flexibility index (Phi) is 4.06. The van der Waals surface area contributed by atoms with Crippen LogP contribution in [0.1, 0.15) is 0 Å². The number of rotatable bonds is 4.